The third-order valence-electron chi connectivity index (χ3n) is 1.66. The van der Waals surface area contributed by atoms with Gasteiger partial charge in [0.15, 0.2) is 5.58 Å². The van der Waals surface area contributed by atoms with Gasteiger partial charge in [0, 0.05) is 0 Å². The predicted molar refractivity (Wildman–Crippen MR) is 47.1 cm³/mol. The molecule has 1 heterocycles. The molecule has 2 aromatic rings. The molecule has 1 aromatic heterocycles. The first-order valence-corrected chi connectivity index (χ1v) is 3.88. The van der Waals surface area contributed by atoms with Gasteiger partial charge in [-0.2, -0.15) is 4.57 Å². The summed E-state index contributed by atoms with van der Waals surface area (Å²) in [5.41, 5.74) is 0.731. The van der Waals surface area contributed by atoms with Gasteiger partial charge in [-0.05, 0) is 23.7 Å². The quantitative estimate of drug-likeness (QED) is 0.605. The van der Waals surface area contributed by atoms with Crippen molar-refractivity contribution >= 4 is 28.1 Å². The van der Waals surface area contributed by atoms with Crippen molar-refractivity contribution in [1.82, 2.24) is 4.57 Å². The van der Waals surface area contributed by atoms with Gasteiger partial charge in [-0.3, -0.25) is 4.79 Å². The molecule has 4 nitrogen and oxygen atoms in total. The summed E-state index contributed by atoms with van der Waals surface area (Å²) < 4.78 is 5.54. The molecule has 0 saturated carbocycles. The molecule has 0 aliphatic heterocycles. The number of hydrogen-bond donors (Lipinski definition) is 0. The topological polar surface area (TPSA) is 52.2 Å². The first kappa shape index (κ1) is 8.07. The standard InChI is InChI=1S/C8H4ClNO3/c9-7(11)10-5-3-1-2-4-6(5)13-8(10)12/h1-4H. The van der Waals surface area contributed by atoms with Crippen LogP contribution in [0.25, 0.3) is 11.1 Å². The number of fused-ring (bicyclic) bond motifs is 1. The molecule has 0 aliphatic carbocycles. The Kier molecular flexibility index (Phi) is 1.70. The van der Waals surface area contributed by atoms with Crippen LogP contribution < -0.4 is 5.76 Å². The molecule has 0 bridgehead atoms. The van der Waals surface area contributed by atoms with Crippen LogP contribution >= 0.6 is 11.6 Å². The second-order valence-corrected chi connectivity index (χ2v) is 2.75. The van der Waals surface area contributed by atoms with E-state index in [9.17, 15) is 9.59 Å². The Labute approximate surface area is 77.3 Å². The summed E-state index contributed by atoms with van der Waals surface area (Å²) in [5, 5.41) is -0.866. The molecule has 0 N–H and O–H groups in total. The maximum Gasteiger partial charge on any atom is 0.427 e. The van der Waals surface area contributed by atoms with E-state index in [-0.39, 0.29) is 0 Å². The number of oxazole rings is 1. The van der Waals surface area contributed by atoms with E-state index in [1.807, 2.05) is 0 Å². The molecule has 1 aromatic carbocycles. The van der Waals surface area contributed by atoms with Crippen molar-refractivity contribution in [1.29, 1.82) is 0 Å². The fourth-order valence-corrected chi connectivity index (χ4v) is 1.29. The molecular weight excluding hydrogens is 194 g/mol. The first-order valence-electron chi connectivity index (χ1n) is 3.50. The maximum absolute atomic E-state index is 11.1. The summed E-state index contributed by atoms with van der Waals surface area (Å²) in [4.78, 5) is 21.9. The van der Waals surface area contributed by atoms with Gasteiger partial charge in [0.25, 0.3) is 0 Å². The Bertz CT molecular complexity index is 525. The first-order chi connectivity index (χ1) is 6.20. The normalized spacial score (nSPS) is 10.5. The average Bonchev–Trinajstić information content (AvgIpc) is 2.39. The van der Waals surface area contributed by atoms with Crippen LogP contribution in [0.3, 0.4) is 0 Å². The molecule has 0 aliphatic rings. The average molecular weight is 198 g/mol. The van der Waals surface area contributed by atoms with Gasteiger partial charge < -0.3 is 4.42 Å². The Hall–Kier alpha value is -1.55. The molecule has 66 valence electrons. The van der Waals surface area contributed by atoms with Crippen LogP contribution in [0, 0.1) is 0 Å². The van der Waals surface area contributed by atoms with Crippen molar-refractivity contribution in [3.8, 4) is 0 Å². The summed E-state index contributed by atoms with van der Waals surface area (Å²) in [5.74, 6) is -0.763. The van der Waals surface area contributed by atoms with Crippen molar-refractivity contribution in [3.63, 3.8) is 0 Å². The third-order valence-corrected chi connectivity index (χ3v) is 1.83. The van der Waals surface area contributed by atoms with E-state index in [2.05, 4.69) is 0 Å². The van der Waals surface area contributed by atoms with Gasteiger partial charge in [-0.1, -0.05) is 12.1 Å². The molecule has 5 heteroatoms. The molecule has 0 saturated heterocycles. The monoisotopic (exact) mass is 197 g/mol. The summed E-state index contributed by atoms with van der Waals surface area (Å²) in [6.07, 6.45) is 0. The van der Waals surface area contributed by atoms with Crippen LogP contribution in [0.4, 0.5) is 4.79 Å². The number of para-hydroxylation sites is 2. The fourth-order valence-electron chi connectivity index (χ4n) is 1.13. The van der Waals surface area contributed by atoms with Gasteiger partial charge in [-0.15, -0.1) is 0 Å². The Morgan fingerprint density at radius 3 is 2.77 bits per heavy atom. The minimum atomic E-state index is -0.866. The van der Waals surface area contributed by atoms with E-state index in [0.717, 1.165) is 4.57 Å². The lowest BCUT2D eigenvalue weighted by molar-refractivity contribution is 0.260. The largest absolute Gasteiger partial charge is 0.427 e. The number of benzene rings is 1. The number of carbonyl (C=O) groups excluding carboxylic acids is 1. The van der Waals surface area contributed by atoms with E-state index in [0.29, 0.717) is 11.1 Å². The minimum absolute atomic E-state index is 0.349. The molecular formula is C8H4ClNO3. The Morgan fingerprint density at radius 1 is 1.38 bits per heavy atom. The highest BCUT2D eigenvalue weighted by molar-refractivity contribution is 6.63. The number of halogens is 1. The summed E-state index contributed by atoms with van der Waals surface area (Å²) in [6, 6.07) is 6.56. The molecule has 2 rings (SSSR count). The van der Waals surface area contributed by atoms with Gasteiger partial charge in [0.05, 0.1) is 5.52 Å². The fraction of sp³-hybridized carbons (Fsp3) is 0. The second kappa shape index (κ2) is 2.74. The summed E-state index contributed by atoms with van der Waals surface area (Å²) >= 11 is 5.19. The molecule has 13 heavy (non-hydrogen) atoms. The molecule has 0 amide bonds. The lowest BCUT2D eigenvalue weighted by Gasteiger charge is -1.90. The zero-order chi connectivity index (χ0) is 9.42. The van der Waals surface area contributed by atoms with Crippen LogP contribution in [-0.2, 0) is 0 Å². The Balaban J connectivity index is 2.95. The van der Waals surface area contributed by atoms with Crippen LogP contribution in [0.15, 0.2) is 33.5 Å². The van der Waals surface area contributed by atoms with Crippen molar-refractivity contribution in [2.75, 3.05) is 0 Å². The molecule has 0 unspecified atom stereocenters. The highest BCUT2D eigenvalue weighted by atomic mass is 35.5. The smallest absolute Gasteiger partial charge is 0.407 e. The van der Waals surface area contributed by atoms with Gasteiger partial charge in [0.1, 0.15) is 0 Å². The van der Waals surface area contributed by atoms with E-state index in [1.54, 1.807) is 24.3 Å². The number of aromatic nitrogens is 1. The van der Waals surface area contributed by atoms with E-state index in [1.165, 1.54) is 0 Å². The second-order valence-electron chi connectivity index (χ2n) is 2.42. The number of rotatable bonds is 0. The maximum atomic E-state index is 11.1. The summed E-state index contributed by atoms with van der Waals surface area (Å²) in [6.45, 7) is 0. The zero-order valence-corrected chi connectivity index (χ0v) is 7.12. The van der Waals surface area contributed by atoms with E-state index in [4.69, 9.17) is 16.0 Å². The summed E-state index contributed by atoms with van der Waals surface area (Å²) in [7, 11) is 0. The van der Waals surface area contributed by atoms with E-state index >= 15 is 0 Å². The third kappa shape index (κ3) is 1.15. The van der Waals surface area contributed by atoms with E-state index < -0.39 is 11.1 Å². The van der Waals surface area contributed by atoms with Crippen LogP contribution in [0.1, 0.15) is 0 Å². The molecule has 0 atom stereocenters. The SMILES string of the molecule is O=C(Cl)n1c(=O)oc2ccccc21. The van der Waals surface area contributed by atoms with Gasteiger partial charge >= 0.3 is 11.1 Å². The van der Waals surface area contributed by atoms with Crippen molar-refractivity contribution in [3.05, 3.63) is 34.8 Å². The van der Waals surface area contributed by atoms with Gasteiger partial charge in [0.2, 0.25) is 0 Å². The van der Waals surface area contributed by atoms with Crippen molar-refractivity contribution in [2.45, 2.75) is 0 Å². The number of hydrogen-bond acceptors (Lipinski definition) is 3. The highest BCUT2D eigenvalue weighted by Crippen LogP contribution is 2.11. The van der Waals surface area contributed by atoms with Crippen molar-refractivity contribution in [2.24, 2.45) is 0 Å². The predicted octanol–water partition coefficient (Wildman–Crippen LogP) is 1.80. The lowest BCUT2D eigenvalue weighted by Crippen LogP contribution is -2.17. The molecule has 0 spiro atoms. The van der Waals surface area contributed by atoms with Crippen LogP contribution in [0.2, 0.25) is 0 Å². The van der Waals surface area contributed by atoms with Crippen LogP contribution in [-0.4, -0.2) is 9.93 Å². The Morgan fingerprint density at radius 2 is 2.08 bits per heavy atom. The number of carbonyl (C=O) groups is 1. The lowest BCUT2D eigenvalue weighted by atomic mass is 10.3. The molecule has 0 radical (unpaired) electrons. The molecule has 0 fully saturated rings. The van der Waals surface area contributed by atoms with Crippen molar-refractivity contribution < 1.29 is 9.21 Å². The zero-order valence-electron chi connectivity index (χ0n) is 6.36. The van der Waals surface area contributed by atoms with Crippen LogP contribution in [0.5, 0.6) is 0 Å². The van der Waals surface area contributed by atoms with Gasteiger partial charge in [-0.25, -0.2) is 4.79 Å². The minimum Gasteiger partial charge on any atom is -0.407 e. The highest BCUT2D eigenvalue weighted by Gasteiger charge is 2.12. The number of nitrogens with zero attached hydrogens (tertiary/aromatic N) is 1.